The highest BCUT2D eigenvalue weighted by Crippen LogP contribution is 2.67. The first-order valence-corrected chi connectivity index (χ1v) is 18.8. The highest BCUT2D eigenvalue weighted by atomic mass is 32.2. The molecule has 0 radical (unpaired) electrons. The van der Waals surface area contributed by atoms with E-state index in [0.29, 0.717) is 35.1 Å². The summed E-state index contributed by atoms with van der Waals surface area (Å²) in [6, 6.07) is 30.3. The molecule has 1 heterocycles. The van der Waals surface area contributed by atoms with Gasteiger partial charge in [0, 0.05) is 23.4 Å². The fourth-order valence-corrected chi connectivity index (χ4v) is 8.07. The maximum absolute atomic E-state index is 14.1. The lowest BCUT2D eigenvalue weighted by atomic mass is 9.66. The molecule has 3 atom stereocenters. The van der Waals surface area contributed by atoms with Gasteiger partial charge in [0.2, 0.25) is 11.8 Å². The lowest BCUT2D eigenvalue weighted by Gasteiger charge is -2.37. The fraction of sp³-hybridized carbons (Fsp3) is 0.293. The molecular formula is C41H41N3O6S. The highest BCUT2D eigenvalue weighted by molar-refractivity contribution is 7.85. The Hall–Kier alpha value is -5.06. The molecule has 1 fully saturated rings. The van der Waals surface area contributed by atoms with Gasteiger partial charge < -0.3 is 15.1 Å². The second kappa shape index (κ2) is 13.2. The van der Waals surface area contributed by atoms with E-state index in [-0.39, 0.29) is 23.3 Å². The van der Waals surface area contributed by atoms with Crippen molar-refractivity contribution in [2.24, 2.45) is 16.7 Å². The molecule has 0 spiro atoms. The van der Waals surface area contributed by atoms with E-state index in [9.17, 15) is 18.0 Å². The Morgan fingerprint density at radius 3 is 2.24 bits per heavy atom. The normalized spacial score (nSPS) is 19.8. The molecule has 1 aromatic heterocycles. The van der Waals surface area contributed by atoms with Crippen LogP contribution in [0, 0.1) is 16.7 Å². The topological polar surface area (TPSA) is 139 Å². The second-order valence-corrected chi connectivity index (χ2v) is 16.0. The lowest BCUT2D eigenvalue weighted by Crippen LogP contribution is -2.29. The quantitative estimate of drug-likeness (QED) is 0.119. The Labute approximate surface area is 297 Å². The third-order valence-corrected chi connectivity index (χ3v) is 11.9. The lowest BCUT2D eigenvalue weighted by molar-refractivity contribution is -0.117. The fourth-order valence-electron chi connectivity index (χ4n) is 7.71. The van der Waals surface area contributed by atoms with Crippen molar-refractivity contribution in [2.75, 3.05) is 17.6 Å². The van der Waals surface area contributed by atoms with Crippen LogP contribution >= 0.6 is 0 Å². The number of carbonyl (C=O) groups is 2. The molecule has 5 aromatic rings. The van der Waals surface area contributed by atoms with Crippen LogP contribution < -0.4 is 10.6 Å². The zero-order valence-corrected chi connectivity index (χ0v) is 29.7. The maximum atomic E-state index is 14.1. The third kappa shape index (κ3) is 6.86. The summed E-state index contributed by atoms with van der Waals surface area (Å²) >= 11 is 0. The minimum atomic E-state index is -4.18. The number of amides is 2. The number of fused-ring (bicyclic) bond motifs is 3. The molecule has 9 nitrogen and oxygen atoms in total. The van der Waals surface area contributed by atoms with Crippen molar-refractivity contribution in [3.63, 3.8) is 0 Å². The van der Waals surface area contributed by atoms with Crippen LogP contribution in [-0.2, 0) is 21.3 Å². The smallest absolute Gasteiger partial charge is 0.266 e. The number of nitrogens with one attached hydrogen (secondary N) is 2. The standard InChI is InChI=1S/C41H41N3O6S/c1-40(2)31-20-21-41(40,3)34(25-31)28-14-12-27(13-15-28)33(24-26-8-10-29(11-9-26)37(45)42-22-23-51(47,48)49)38(46)43-32-18-16-30(17-19-32)39-44-35-6-4-5-7-36(35)50-39/h4-19,25,31,33H,20-24H2,1-3H3,(H,42,45)(H,43,46)(H,47,48,49)/t31-,33?,41-/m1/s1. The molecule has 1 saturated carbocycles. The van der Waals surface area contributed by atoms with E-state index < -0.39 is 27.7 Å². The summed E-state index contributed by atoms with van der Waals surface area (Å²) in [6.45, 7) is 6.92. The molecule has 2 aliphatic carbocycles. The predicted octanol–water partition coefficient (Wildman–Crippen LogP) is 7.92. The van der Waals surface area contributed by atoms with Gasteiger partial charge >= 0.3 is 0 Å². The monoisotopic (exact) mass is 703 g/mol. The molecule has 10 heteroatoms. The van der Waals surface area contributed by atoms with Crippen molar-refractivity contribution in [2.45, 2.75) is 46.0 Å². The van der Waals surface area contributed by atoms with Crippen molar-refractivity contribution in [3.05, 3.63) is 125 Å². The van der Waals surface area contributed by atoms with Crippen LogP contribution in [-0.4, -0.2) is 42.1 Å². The van der Waals surface area contributed by atoms with Crippen LogP contribution in [0.4, 0.5) is 5.69 Å². The first-order valence-electron chi connectivity index (χ1n) is 17.2. The van der Waals surface area contributed by atoms with Crippen LogP contribution in [0.2, 0.25) is 0 Å². The average Bonchev–Trinajstić information content (AvgIpc) is 3.70. The van der Waals surface area contributed by atoms with Crippen LogP contribution in [0.5, 0.6) is 0 Å². The van der Waals surface area contributed by atoms with Gasteiger partial charge in [0.15, 0.2) is 5.58 Å². The molecule has 4 aromatic carbocycles. The van der Waals surface area contributed by atoms with Crippen LogP contribution in [0.1, 0.15) is 66.6 Å². The molecule has 51 heavy (non-hydrogen) atoms. The van der Waals surface area contributed by atoms with E-state index in [1.54, 1.807) is 24.3 Å². The maximum Gasteiger partial charge on any atom is 0.266 e. The van der Waals surface area contributed by atoms with Crippen LogP contribution in [0.3, 0.4) is 0 Å². The van der Waals surface area contributed by atoms with E-state index in [1.807, 2.05) is 48.5 Å². The molecule has 2 bridgehead atoms. The van der Waals surface area contributed by atoms with Gasteiger partial charge in [-0.25, -0.2) is 4.98 Å². The molecule has 2 amide bonds. The summed E-state index contributed by atoms with van der Waals surface area (Å²) in [6.07, 6.45) is 5.22. The molecule has 1 unspecified atom stereocenters. The number of hydrogen-bond donors (Lipinski definition) is 3. The molecular weight excluding hydrogens is 663 g/mol. The van der Waals surface area contributed by atoms with Gasteiger partial charge in [0.25, 0.3) is 16.0 Å². The zero-order valence-electron chi connectivity index (χ0n) is 28.8. The van der Waals surface area contributed by atoms with Gasteiger partial charge in [0.05, 0.1) is 11.7 Å². The Kier molecular flexibility index (Phi) is 8.93. The molecule has 7 rings (SSSR count). The van der Waals surface area contributed by atoms with Crippen molar-refractivity contribution < 1.29 is 27.0 Å². The van der Waals surface area contributed by atoms with E-state index in [2.05, 4.69) is 66.7 Å². The largest absolute Gasteiger partial charge is 0.436 e. The summed E-state index contributed by atoms with van der Waals surface area (Å²) in [4.78, 5) is 31.2. The number of nitrogens with zero attached hydrogens (tertiary/aromatic N) is 1. The molecule has 0 aliphatic heterocycles. The van der Waals surface area contributed by atoms with E-state index in [4.69, 9.17) is 8.97 Å². The molecule has 3 N–H and O–H groups in total. The Balaban J connectivity index is 1.11. The van der Waals surface area contributed by atoms with Gasteiger partial charge in [-0.2, -0.15) is 8.42 Å². The van der Waals surface area contributed by atoms with Crippen molar-refractivity contribution in [3.8, 4) is 11.5 Å². The number of anilines is 1. The van der Waals surface area contributed by atoms with Gasteiger partial charge in [-0.3, -0.25) is 14.1 Å². The Bertz CT molecular complexity index is 2210. The summed E-state index contributed by atoms with van der Waals surface area (Å²) in [5.74, 6) is -0.658. The number of benzene rings is 4. The number of hydrogen-bond acceptors (Lipinski definition) is 6. The van der Waals surface area contributed by atoms with E-state index in [0.717, 1.165) is 22.2 Å². The van der Waals surface area contributed by atoms with Crippen molar-refractivity contribution >= 4 is 44.3 Å². The SMILES string of the molecule is CC1(C)[C@H]2C=C(c3ccc(C(Cc4ccc(C(=O)NCCS(=O)(=O)O)cc4)C(=O)Nc4ccc(-c5nc6ccccc6o5)cc4)cc3)[C@@]1(C)CC2. The number of oxazole rings is 1. The molecule has 0 saturated heterocycles. The first kappa shape index (κ1) is 34.4. The predicted molar refractivity (Wildman–Crippen MR) is 199 cm³/mol. The van der Waals surface area contributed by atoms with Crippen molar-refractivity contribution in [1.82, 2.24) is 10.3 Å². The van der Waals surface area contributed by atoms with Crippen LogP contribution in [0.15, 0.2) is 108 Å². The van der Waals surface area contributed by atoms with Crippen LogP contribution in [0.25, 0.3) is 28.1 Å². The second-order valence-electron chi connectivity index (χ2n) is 14.5. The van der Waals surface area contributed by atoms with Crippen molar-refractivity contribution in [1.29, 1.82) is 0 Å². The minimum absolute atomic E-state index is 0.112. The number of aromatic nitrogens is 1. The summed E-state index contributed by atoms with van der Waals surface area (Å²) in [5.41, 5.74) is 7.89. The first-order chi connectivity index (χ1) is 24.3. The zero-order chi connectivity index (χ0) is 36.0. The number of carbonyl (C=O) groups excluding carboxylic acids is 2. The highest BCUT2D eigenvalue weighted by Gasteiger charge is 2.57. The van der Waals surface area contributed by atoms with Gasteiger partial charge in [0.1, 0.15) is 5.52 Å². The Morgan fingerprint density at radius 2 is 1.61 bits per heavy atom. The summed E-state index contributed by atoms with van der Waals surface area (Å²) < 4.78 is 36.9. The number of rotatable bonds is 11. The van der Waals surface area contributed by atoms with Gasteiger partial charge in [-0.1, -0.05) is 75.4 Å². The summed E-state index contributed by atoms with van der Waals surface area (Å²) in [7, 11) is -4.18. The van der Waals surface area contributed by atoms with E-state index in [1.165, 1.54) is 24.0 Å². The number of allylic oxidation sites excluding steroid dienone is 2. The summed E-state index contributed by atoms with van der Waals surface area (Å²) in [5, 5.41) is 5.60. The Morgan fingerprint density at radius 1 is 0.922 bits per heavy atom. The number of para-hydroxylation sites is 2. The molecule has 2 aliphatic rings. The molecule has 262 valence electrons. The van der Waals surface area contributed by atoms with Gasteiger partial charge in [-0.15, -0.1) is 0 Å². The third-order valence-electron chi connectivity index (χ3n) is 11.2. The van der Waals surface area contributed by atoms with E-state index >= 15 is 0 Å². The minimum Gasteiger partial charge on any atom is -0.436 e. The van der Waals surface area contributed by atoms with Gasteiger partial charge in [-0.05, 0) is 107 Å². The average molecular weight is 704 g/mol.